The van der Waals surface area contributed by atoms with Crippen molar-refractivity contribution in [3.8, 4) is 0 Å². The molecule has 1 amide bonds. The molecule has 0 aromatic rings. The number of Topliss-reactive ketones (excluding diaryl/α,β-unsaturated/α-hetero) is 1. The zero-order chi connectivity index (χ0) is 22.9. The summed E-state index contributed by atoms with van der Waals surface area (Å²) in [6.45, 7) is 5.70. The number of carbonyl (C=O) groups excluding carboxylic acids is 4. The zero-order valence-electron chi connectivity index (χ0n) is 17.0. The molecule has 1 heterocycles. The minimum Gasteiger partial charge on any atom is -0.508 e. The number of nitrogens with one attached hydrogen (secondary N) is 1. The highest BCUT2D eigenvalue weighted by molar-refractivity contribution is 6.16. The van der Waals surface area contributed by atoms with Crippen LogP contribution in [0.5, 0.6) is 0 Å². The molecule has 0 aromatic heterocycles. The predicted molar refractivity (Wildman–Crippen MR) is 104 cm³/mol. The number of amides is 1. The summed E-state index contributed by atoms with van der Waals surface area (Å²) < 4.78 is 5.39. The van der Waals surface area contributed by atoms with Crippen molar-refractivity contribution in [2.75, 3.05) is 0 Å². The standard InChI is InChI=1S/C21H23NO8/c1-5-6-7-8-12(23)15-16(27)11(2)18(28)21(4)17(15)20(3,19(29)30-21)22-13(24)9-10-14(25)26/h5-10,15,17,28H,1-4H3,(H,22,24)(H,25,26)/b6-5+,8-7+,10-9+/t15?,17-,20+,21+/m1/s1. The number of carboxylic acids is 1. The van der Waals surface area contributed by atoms with Gasteiger partial charge in [0.1, 0.15) is 11.3 Å². The number of rotatable bonds is 6. The fourth-order valence-electron chi connectivity index (χ4n) is 3.99. The van der Waals surface area contributed by atoms with E-state index < -0.39 is 58.1 Å². The number of hydrogen-bond donors (Lipinski definition) is 3. The SMILES string of the molecule is C/C=C/C=C/C(=O)C1C(=O)C(C)=C(O)[C@@]2(C)OC(=O)[C@@](C)(NC(=O)/C=C/C(=O)O)[C@@H]12. The highest BCUT2D eigenvalue weighted by Crippen LogP contribution is 2.52. The van der Waals surface area contributed by atoms with Crippen LogP contribution >= 0.6 is 0 Å². The van der Waals surface area contributed by atoms with Crippen LogP contribution in [0.25, 0.3) is 0 Å². The number of hydrogen-bond acceptors (Lipinski definition) is 7. The van der Waals surface area contributed by atoms with Gasteiger partial charge in [-0.05, 0) is 33.8 Å². The molecule has 1 aliphatic heterocycles. The number of esters is 1. The third kappa shape index (κ3) is 3.70. The van der Waals surface area contributed by atoms with Crippen LogP contribution in [0.15, 0.2) is 47.8 Å². The molecule has 1 fully saturated rings. The van der Waals surface area contributed by atoms with Crippen LogP contribution in [0.1, 0.15) is 27.7 Å². The molecular weight excluding hydrogens is 394 g/mol. The summed E-state index contributed by atoms with van der Waals surface area (Å²) in [6.07, 6.45) is 7.14. The molecule has 2 rings (SSSR count). The van der Waals surface area contributed by atoms with Gasteiger partial charge < -0.3 is 20.3 Å². The summed E-state index contributed by atoms with van der Waals surface area (Å²) in [5, 5.41) is 21.6. The minimum absolute atomic E-state index is 0.110. The Morgan fingerprint density at radius 3 is 2.30 bits per heavy atom. The van der Waals surface area contributed by atoms with E-state index in [9.17, 15) is 29.1 Å². The minimum atomic E-state index is -1.88. The monoisotopic (exact) mass is 417 g/mol. The lowest BCUT2D eigenvalue weighted by Crippen LogP contribution is -2.62. The largest absolute Gasteiger partial charge is 0.508 e. The predicted octanol–water partition coefficient (Wildman–Crippen LogP) is 1.17. The van der Waals surface area contributed by atoms with Crippen molar-refractivity contribution in [3.05, 3.63) is 47.8 Å². The van der Waals surface area contributed by atoms with E-state index in [1.807, 2.05) is 0 Å². The summed E-state index contributed by atoms with van der Waals surface area (Å²) in [7, 11) is 0. The Kier molecular flexibility index (Phi) is 6.15. The maximum atomic E-state index is 12.9. The molecule has 9 heteroatoms. The third-order valence-electron chi connectivity index (χ3n) is 5.39. The first-order chi connectivity index (χ1) is 13.9. The van der Waals surface area contributed by atoms with Gasteiger partial charge in [0.2, 0.25) is 5.91 Å². The molecule has 9 nitrogen and oxygen atoms in total. The first kappa shape index (κ1) is 22.8. The topological polar surface area (TPSA) is 147 Å². The van der Waals surface area contributed by atoms with E-state index in [2.05, 4.69) is 5.32 Å². The number of aliphatic carboxylic acids is 1. The molecule has 160 valence electrons. The Balaban J connectivity index is 2.60. The fraction of sp³-hybridized carbons (Fsp3) is 0.381. The molecule has 3 N–H and O–H groups in total. The zero-order valence-corrected chi connectivity index (χ0v) is 17.0. The first-order valence-electron chi connectivity index (χ1n) is 9.14. The molecule has 1 saturated heterocycles. The Labute approximate surface area is 172 Å². The molecule has 0 radical (unpaired) electrons. The van der Waals surface area contributed by atoms with Crippen molar-refractivity contribution in [2.24, 2.45) is 11.8 Å². The van der Waals surface area contributed by atoms with Gasteiger partial charge in [0.15, 0.2) is 17.2 Å². The van der Waals surface area contributed by atoms with Crippen molar-refractivity contribution in [3.63, 3.8) is 0 Å². The van der Waals surface area contributed by atoms with Gasteiger partial charge in [-0.3, -0.25) is 14.4 Å². The van der Waals surface area contributed by atoms with Gasteiger partial charge in [-0.25, -0.2) is 9.59 Å². The lowest BCUT2D eigenvalue weighted by molar-refractivity contribution is -0.152. The normalized spacial score (nSPS) is 31.5. The molecule has 30 heavy (non-hydrogen) atoms. The number of aliphatic hydroxyl groups excluding tert-OH is 1. The van der Waals surface area contributed by atoms with Gasteiger partial charge in [-0.15, -0.1) is 0 Å². The Bertz CT molecular complexity index is 941. The Morgan fingerprint density at radius 1 is 1.10 bits per heavy atom. The number of ether oxygens (including phenoxy) is 1. The van der Waals surface area contributed by atoms with E-state index >= 15 is 0 Å². The van der Waals surface area contributed by atoms with Crippen LogP contribution < -0.4 is 5.32 Å². The fourth-order valence-corrected chi connectivity index (χ4v) is 3.99. The van der Waals surface area contributed by atoms with Crippen molar-refractivity contribution in [1.82, 2.24) is 5.32 Å². The average molecular weight is 417 g/mol. The van der Waals surface area contributed by atoms with Crippen LogP contribution in [0.3, 0.4) is 0 Å². The number of ketones is 2. The van der Waals surface area contributed by atoms with E-state index in [1.165, 1.54) is 32.9 Å². The van der Waals surface area contributed by atoms with Crippen molar-refractivity contribution in [2.45, 2.75) is 38.8 Å². The summed E-state index contributed by atoms with van der Waals surface area (Å²) in [5.41, 5.74) is -3.73. The van der Waals surface area contributed by atoms with E-state index in [-0.39, 0.29) is 5.57 Å². The van der Waals surface area contributed by atoms with Gasteiger partial charge in [0.25, 0.3) is 0 Å². The van der Waals surface area contributed by atoms with Crippen LogP contribution in [-0.4, -0.2) is 50.8 Å². The van der Waals surface area contributed by atoms with E-state index in [1.54, 1.807) is 19.1 Å². The number of fused-ring (bicyclic) bond motifs is 1. The third-order valence-corrected chi connectivity index (χ3v) is 5.39. The molecule has 1 aliphatic carbocycles. The number of allylic oxidation sites excluding steroid dienone is 5. The van der Waals surface area contributed by atoms with Gasteiger partial charge >= 0.3 is 11.9 Å². The van der Waals surface area contributed by atoms with E-state index in [0.717, 1.165) is 0 Å². The Hall–Kier alpha value is -3.49. The molecule has 0 saturated carbocycles. The molecular formula is C21H23NO8. The van der Waals surface area contributed by atoms with Gasteiger partial charge in [0, 0.05) is 17.7 Å². The molecule has 2 aliphatic rings. The molecule has 0 aromatic carbocycles. The van der Waals surface area contributed by atoms with Crippen molar-refractivity contribution in [1.29, 1.82) is 0 Å². The van der Waals surface area contributed by atoms with Crippen LogP contribution in [0.4, 0.5) is 0 Å². The lowest BCUT2D eigenvalue weighted by Gasteiger charge is -2.41. The van der Waals surface area contributed by atoms with Crippen LogP contribution in [0.2, 0.25) is 0 Å². The molecule has 1 unspecified atom stereocenters. The van der Waals surface area contributed by atoms with Gasteiger partial charge in [-0.1, -0.05) is 18.2 Å². The second kappa shape index (κ2) is 8.10. The molecule has 0 bridgehead atoms. The number of carboxylic acid groups (broad SMARTS) is 1. The maximum absolute atomic E-state index is 12.9. The van der Waals surface area contributed by atoms with Crippen molar-refractivity contribution >= 4 is 29.4 Å². The van der Waals surface area contributed by atoms with Gasteiger partial charge in [-0.2, -0.15) is 0 Å². The number of carbonyl (C=O) groups is 5. The maximum Gasteiger partial charge on any atom is 0.333 e. The van der Waals surface area contributed by atoms with Crippen molar-refractivity contribution < 1.29 is 38.9 Å². The first-order valence-corrected chi connectivity index (χ1v) is 9.14. The molecule has 4 atom stereocenters. The Morgan fingerprint density at radius 2 is 1.73 bits per heavy atom. The molecule has 0 spiro atoms. The quantitative estimate of drug-likeness (QED) is 0.252. The smallest absolute Gasteiger partial charge is 0.333 e. The lowest BCUT2D eigenvalue weighted by atomic mass is 9.62. The summed E-state index contributed by atoms with van der Waals surface area (Å²) in [6, 6.07) is 0. The second-order valence-electron chi connectivity index (χ2n) is 7.44. The van der Waals surface area contributed by atoms with E-state index in [0.29, 0.717) is 12.2 Å². The highest BCUT2D eigenvalue weighted by atomic mass is 16.6. The van der Waals surface area contributed by atoms with E-state index in [4.69, 9.17) is 9.84 Å². The second-order valence-corrected chi connectivity index (χ2v) is 7.44. The van der Waals surface area contributed by atoms with Crippen LogP contribution in [0, 0.1) is 11.8 Å². The summed E-state index contributed by atoms with van der Waals surface area (Å²) in [4.78, 5) is 61.5. The number of aliphatic hydroxyl groups is 1. The van der Waals surface area contributed by atoms with Gasteiger partial charge in [0.05, 0.1) is 11.8 Å². The summed E-state index contributed by atoms with van der Waals surface area (Å²) >= 11 is 0. The summed E-state index contributed by atoms with van der Waals surface area (Å²) in [5.74, 6) is -7.75. The highest BCUT2D eigenvalue weighted by Gasteiger charge is 2.69. The average Bonchev–Trinajstić information content (AvgIpc) is 2.86. The van der Waals surface area contributed by atoms with Crippen LogP contribution in [-0.2, 0) is 28.7 Å².